The van der Waals surface area contributed by atoms with Crippen molar-refractivity contribution in [2.24, 2.45) is 11.3 Å². The summed E-state index contributed by atoms with van der Waals surface area (Å²) in [4.78, 5) is 12.2. The highest BCUT2D eigenvalue weighted by Crippen LogP contribution is 2.54. The third-order valence-corrected chi connectivity index (χ3v) is 5.80. The molecule has 0 spiro atoms. The molecule has 3 aliphatic rings. The summed E-state index contributed by atoms with van der Waals surface area (Å²) in [6.45, 7) is 6.61. The van der Waals surface area contributed by atoms with Crippen LogP contribution in [0.5, 0.6) is 11.5 Å². The van der Waals surface area contributed by atoms with E-state index in [0.29, 0.717) is 25.2 Å². The maximum absolute atomic E-state index is 12.2. The molecule has 0 unspecified atom stereocenters. The van der Waals surface area contributed by atoms with Crippen molar-refractivity contribution in [3.8, 4) is 11.5 Å². The van der Waals surface area contributed by atoms with Crippen LogP contribution >= 0.6 is 0 Å². The molecule has 4 atom stereocenters. The predicted octanol–water partition coefficient (Wildman–Crippen LogP) is 3.36. The number of allylic oxidation sites excluding steroid dienone is 2. The van der Waals surface area contributed by atoms with Gasteiger partial charge in [0.1, 0.15) is 11.9 Å². The van der Waals surface area contributed by atoms with Gasteiger partial charge in [-0.25, -0.2) is 0 Å². The van der Waals surface area contributed by atoms with Crippen LogP contribution in [-0.4, -0.2) is 32.1 Å². The molecule has 0 amide bonds. The van der Waals surface area contributed by atoms with Crippen molar-refractivity contribution in [2.45, 2.75) is 38.8 Å². The zero-order valence-corrected chi connectivity index (χ0v) is 15.6. The van der Waals surface area contributed by atoms with Crippen molar-refractivity contribution >= 4 is 5.78 Å². The first kappa shape index (κ1) is 18.1. The van der Waals surface area contributed by atoms with Gasteiger partial charge < -0.3 is 23.7 Å². The summed E-state index contributed by atoms with van der Waals surface area (Å²) in [6.07, 6.45) is 3.83. The molecule has 0 saturated carbocycles. The summed E-state index contributed by atoms with van der Waals surface area (Å²) in [5.74, 6) is 2.15. The summed E-state index contributed by atoms with van der Waals surface area (Å²) >= 11 is 0. The molecule has 2 aliphatic heterocycles. The van der Waals surface area contributed by atoms with Crippen molar-refractivity contribution in [3.05, 3.63) is 48.3 Å². The third kappa shape index (κ3) is 3.03. The SMILES string of the molecule is C=CC[C@]12C[C@@H](OC)C(=O)C=C1O[C@@H](OCc1ccc3c(c1)OCO3)[C@H]2C. The van der Waals surface area contributed by atoms with Gasteiger partial charge in [-0.05, 0) is 30.5 Å². The van der Waals surface area contributed by atoms with E-state index in [0.717, 1.165) is 17.1 Å². The number of hydrogen-bond donors (Lipinski definition) is 0. The Kier molecular flexibility index (Phi) is 4.70. The number of ketones is 1. The van der Waals surface area contributed by atoms with Gasteiger partial charge in [-0.3, -0.25) is 4.79 Å². The highest BCUT2D eigenvalue weighted by Gasteiger charge is 2.55. The van der Waals surface area contributed by atoms with E-state index >= 15 is 0 Å². The van der Waals surface area contributed by atoms with E-state index in [2.05, 4.69) is 13.5 Å². The van der Waals surface area contributed by atoms with Gasteiger partial charge in [-0.2, -0.15) is 0 Å². The Hall–Kier alpha value is -2.31. The zero-order chi connectivity index (χ0) is 19.0. The maximum atomic E-state index is 12.2. The van der Waals surface area contributed by atoms with Gasteiger partial charge in [-0.15, -0.1) is 6.58 Å². The standard InChI is InChI=1S/C21H24O6/c1-4-7-21-10-18(23-3)15(22)9-19(21)27-20(13(21)2)24-11-14-5-6-16-17(8-14)26-12-25-16/h4-6,8-9,13,18,20H,1,7,10-12H2,2-3H3/t13-,18-,20-,21-/m1/s1. The summed E-state index contributed by atoms with van der Waals surface area (Å²) in [5.41, 5.74) is 0.651. The van der Waals surface area contributed by atoms with Crippen molar-refractivity contribution in [2.75, 3.05) is 13.9 Å². The Morgan fingerprint density at radius 3 is 2.93 bits per heavy atom. The second-order valence-electron chi connectivity index (χ2n) is 7.26. The van der Waals surface area contributed by atoms with Gasteiger partial charge in [0.25, 0.3) is 0 Å². The zero-order valence-electron chi connectivity index (χ0n) is 15.6. The maximum Gasteiger partial charge on any atom is 0.231 e. The molecule has 1 saturated heterocycles. The third-order valence-electron chi connectivity index (χ3n) is 5.80. The van der Waals surface area contributed by atoms with Crippen molar-refractivity contribution < 1.29 is 28.5 Å². The first-order valence-electron chi connectivity index (χ1n) is 9.14. The Morgan fingerprint density at radius 2 is 2.15 bits per heavy atom. The Bertz CT molecular complexity index is 785. The lowest BCUT2D eigenvalue weighted by Gasteiger charge is -2.36. The second-order valence-corrected chi connectivity index (χ2v) is 7.26. The van der Waals surface area contributed by atoms with Gasteiger partial charge in [0.05, 0.1) is 6.61 Å². The van der Waals surface area contributed by atoms with Crippen LogP contribution < -0.4 is 9.47 Å². The number of ether oxygens (including phenoxy) is 5. The quantitative estimate of drug-likeness (QED) is 0.714. The lowest BCUT2D eigenvalue weighted by atomic mass is 9.67. The molecule has 27 heavy (non-hydrogen) atoms. The number of benzene rings is 1. The topological polar surface area (TPSA) is 63.2 Å². The van der Waals surface area contributed by atoms with Crippen LogP contribution in [0.2, 0.25) is 0 Å². The molecule has 1 aromatic carbocycles. The number of methoxy groups -OCH3 is 1. The summed E-state index contributed by atoms with van der Waals surface area (Å²) in [6, 6.07) is 5.74. The molecule has 0 aromatic heterocycles. The minimum atomic E-state index is -0.452. The monoisotopic (exact) mass is 372 g/mol. The number of carbonyl (C=O) groups is 1. The largest absolute Gasteiger partial charge is 0.468 e. The Morgan fingerprint density at radius 1 is 1.33 bits per heavy atom. The smallest absolute Gasteiger partial charge is 0.231 e. The number of carbonyl (C=O) groups excluding carboxylic acids is 1. The first-order valence-corrected chi connectivity index (χ1v) is 9.14. The first-order chi connectivity index (χ1) is 13.1. The molecule has 1 aliphatic carbocycles. The second kappa shape index (κ2) is 7.02. The normalized spacial score (nSPS) is 31.3. The number of rotatable bonds is 6. The molecule has 2 heterocycles. The molecule has 6 nitrogen and oxygen atoms in total. The fourth-order valence-electron chi connectivity index (χ4n) is 4.16. The van der Waals surface area contributed by atoms with E-state index in [1.54, 1.807) is 13.2 Å². The van der Waals surface area contributed by atoms with Crippen molar-refractivity contribution in [1.82, 2.24) is 0 Å². The van der Waals surface area contributed by atoms with Gasteiger partial charge in [-0.1, -0.05) is 19.1 Å². The van der Waals surface area contributed by atoms with Crippen LogP contribution in [0, 0.1) is 11.3 Å². The van der Waals surface area contributed by atoms with E-state index < -0.39 is 12.4 Å². The molecule has 0 radical (unpaired) electrons. The molecular formula is C21H24O6. The van der Waals surface area contributed by atoms with Gasteiger partial charge in [0.15, 0.2) is 17.3 Å². The highest BCUT2D eigenvalue weighted by atomic mass is 16.7. The highest BCUT2D eigenvalue weighted by molar-refractivity contribution is 5.95. The lowest BCUT2D eigenvalue weighted by Crippen LogP contribution is -2.40. The number of hydrogen-bond acceptors (Lipinski definition) is 6. The van der Waals surface area contributed by atoms with E-state index in [-0.39, 0.29) is 23.9 Å². The van der Waals surface area contributed by atoms with Crippen molar-refractivity contribution in [1.29, 1.82) is 0 Å². The molecule has 4 rings (SSSR count). The van der Waals surface area contributed by atoms with E-state index in [1.165, 1.54) is 0 Å². The minimum absolute atomic E-state index is 0.0570. The molecule has 0 bridgehead atoms. The van der Waals surface area contributed by atoms with Gasteiger partial charge in [0.2, 0.25) is 13.1 Å². The van der Waals surface area contributed by atoms with E-state index in [4.69, 9.17) is 23.7 Å². The fourth-order valence-corrected chi connectivity index (χ4v) is 4.16. The molecular weight excluding hydrogens is 348 g/mol. The molecule has 0 N–H and O–H groups in total. The van der Waals surface area contributed by atoms with Gasteiger partial charge in [0, 0.05) is 24.5 Å². The van der Waals surface area contributed by atoms with Crippen LogP contribution in [0.1, 0.15) is 25.3 Å². The summed E-state index contributed by atoms with van der Waals surface area (Å²) < 4.78 is 28.3. The van der Waals surface area contributed by atoms with Crippen LogP contribution in [0.4, 0.5) is 0 Å². The average Bonchev–Trinajstić information content (AvgIpc) is 3.23. The van der Waals surface area contributed by atoms with Crippen LogP contribution in [0.15, 0.2) is 42.7 Å². The van der Waals surface area contributed by atoms with Crippen molar-refractivity contribution in [3.63, 3.8) is 0 Å². The fraction of sp³-hybridized carbons (Fsp3) is 0.476. The molecule has 6 heteroatoms. The average molecular weight is 372 g/mol. The van der Waals surface area contributed by atoms with Gasteiger partial charge >= 0.3 is 0 Å². The van der Waals surface area contributed by atoms with Crippen LogP contribution in [-0.2, 0) is 25.6 Å². The Labute approximate surface area is 158 Å². The van der Waals surface area contributed by atoms with Crippen LogP contribution in [0.25, 0.3) is 0 Å². The molecule has 144 valence electrons. The summed E-state index contributed by atoms with van der Waals surface area (Å²) in [5, 5.41) is 0. The summed E-state index contributed by atoms with van der Waals surface area (Å²) in [7, 11) is 1.57. The van der Waals surface area contributed by atoms with E-state index in [9.17, 15) is 4.79 Å². The molecule has 1 aromatic rings. The molecule has 1 fully saturated rings. The lowest BCUT2D eigenvalue weighted by molar-refractivity contribution is -0.127. The van der Waals surface area contributed by atoms with Crippen LogP contribution in [0.3, 0.4) is 0 Å². The minimum Gasteiger partial charge on any atom is -0.468 e. The number of fused-ring (bicyclic) bond motifs is 2. The Balaban J connectivity index is 1.51. The predicted molar refractivity (Wildman–Crippen MR) is 97.1 cm³/mol. The van der Waals surface area contributed by atoms with E-state index in [1.807, 2.05) is 24.3 Å².